The van der Waals surface area contributed by atoms with Crippen molar-refractivity contribution in [2.45, 2.75) is 83.4 Å². The predicted octanol–water partition coefficient (Wildman–Crippen LogP) is 4.89. The van der Waals surface area contributed by atoms with E-state index in [1.54, 1.807) is 18.2 Å². The molecule has 13 heteroatoms. The first-order chi connectivity index (χ1) is 20.3. The molecule has 3 fully saturated rings. The summed E-state index contributed by atoms with van der Waals surface area (Å²) in [6.45, 7) is 4.99. The molecule has 236 valence electrons. The molecule has 0 aromatic heterocycles. The number of alkyl halides is 3. The van der Waals surface area contributed by atoms with Crippen molar-refractivity contribution < 1.29 is 36.0 Å². The number of sulfonamides is 1. The first kappa shape index (κ1) is 31.6. The first-order valence-corrected chi connectivity index (χ1v) is 16.5. The molecule has 1 N–H and O–H groups in total. The van der Waals surface area contributed by atoms with Gasteiger partial charge in [-0.15, -0.1) is 0 Å². The Morgan fingerprint density at radius 1 is 1.12 bits per heavy atom. The number of aliphatic imine (C=N–C) groups is 1. The van der Waals surface area contributed by atoms with Crippen molar-refractivity contribution in [3.63, 3.8) is 0 Å². The largest absolute Gasteiger partial charge is 0.389 e. The third kappa shape index (κ3) is 7.15. The number of piperidine rings is 1. The molecule has 9 nitrogen and oxygen atoms in total. The number of benzene rings is 1. The number of hydrogen-bond donors (Lipinski definition) is 1. The lowest BCUT2D eigenvalue weighted by atomic mass is 9.79. The number of hydrogen-bond acceptors (Lipinski definition) is 6. The molecular formula is C30H39F3N4O5S. The van der Waals surface area contributed by atoms with Crippen LogP contribution in [0.1, 0.15) is 84.8 Å². The van der Waals surface area contributed by atoms with Gasteiger partial charge in [-0.2, -0.15) is 17.5 Å². The third-order valence-corrected chi connectivity index (χ3v) is 10.8. The van der Waals surface area contributed by atoms with Crippen LogP contribution >= 0.6 is 0 Å². The van der Waals surface area contributed by atoms with Crippen LogP contribution in [0.2, 0.25) is 0 Å². The van der Waals surface area contributed by atoms with Crippen molar-refractivity contribution >= 4 is 33.7 Å². The number of nitrogens with zero attached hydrogens (tertiary/aromatic N) is 3. The standard InChI is InChI=1S/C30H39F3N4O5S/c1-20-18-24(27(38)37-13-3-16-42-37)19-21(2)25(20)9-17-43(40,41)36-14-11-29(12-15-36)28(39)34-26(35-29)23-6-4-22(5-7-23)8-10-30(31,32)33/h9,17-19,22-23H,3-8,10-16H2,1-2H3,(H,34,35,39)/b17-9+. The van der Waals surface area contributed by atoms with Crippen LogP contribution in [0.15, 0.2) is 22.5 Å². The second-order valence-corrected chi connectivity index (χ2v) is 14.0. The van der Waals surface area contributed by atoms with E-state index in [1.165, 1.54) is 14.8 Å². The van der Waals surface area contributed by atoms with Crippen LogP contribution in [-0.2, 0) is 19.7 Å². The molecule has 3 heterocycles. The molecule has 1 aliphatic carbocycles. The van der Waals surface area contributed by atoms with Gasteiger partial charge in [-0.05, 0) is 106 Å². The van der Waals surface area contributed by atoms with Crippen LogP contribution in [0, 0.1) is 25.7 Å². The summed E-state index contributed by atoms with van der Waals surface area (Å²) < 4.78 is 65.6. The number of nitrogens with one attached hydrogen (secondary N) is 1. The molecular weight excluding hydrogens is 585 g/mol. The van der Waals surface area contributed by atoms with E-state index in [1.807, 2.05) is 13.8 Å². The fourth-order valence-electron chi connectivity index (χ4n) is 6.63. The summed E-state index contributed by atoms with van der Waals surface area (Å²) in [7, 11) is -3.78. The lowest BCUT2D eigenvalue weighted by Crippen LogP contribution is -2.50. The van der Waals surface area contributed by atoms with Crippen LogP contribution in [0.25, 0.3) is 6.08 Å². The highest BCUT2D eigenvalue weighted by Crippen LogP contribution is 2.38. The Kier molecular flexibility index (Phi) is 9.06. The minimum absolute atomic E-state index is 0.00574. The molecule has 1 saturated carbocycles. The van der Waals surface area contributed by atoms with Gasteiger partial charge in [0.05, 0.1) is 13.2 Å². The van der Waals surface area contributed by atoms with Crippen LogP contribution in [-0.4, -0.2) is 73.4 Å². The zero-order valence-electron chi connectivity index (χ0n) is 24.6. The molecule has 0 bridgehead atoms. The number of rotatable bonds is 7. The average Bonchev–Trinajstić information content (AvgIpc) is 3.60. The maximum Gasteiger partial charge on any atom is 0.389 e. The lowest BCUT2D eigenvalue weighted by molar-refractivity contribution is -0.138. The van der Waals surface area contributed by atoms with E-state index in [2.05, 4.69) is 5.32 Å². The fraction of sp³-hybridized carbons (Fsp3) is 0.633. The van der Waals surface area contributed by atoms with Gasteiger partial charge < -0.3 is 5.32 Å². The van der Waals surface area contributed by atoms with Gasteiger partial charge in [0, 0.05) is 36.4 Å². The van der Waals surface area contributed by atoms with Gasteiger partial charge in [0.2, 0.25) is 10.0 Å². The number of carbonyl (C=O) groups is 2. The van der Waals surface area contributed by atoms with E-state index in [-0.39, 0.29) is 56.0 Å². The number of aryl methyl sites for hydroxylation is 2. The maximum absolute atomic E-state index is 13.2. The zero-order chi connectivity index (χ0) is 31.0. The lowest BCUT2D eigenvalue weighted by Gasteiger charge is -2.34. The van der Waals surface area contributed by atoms with E-state index in [0.29, 0.717) is 55.8 Å². The molecule has 0 radical (unpaired) electrons. The molecule has 1 aromatic rings. The van der Waals surface area contributed by atoms with Gasteiger partial charge in [0.25, 0.3) is 11.8 Å². The van der Waals surface area contributed by atoms with Gasteiger partial charge in [-0.25, -0.2) is 13.5 Å². The van der Waals surface area contributed by atoms with E-state index in [4.69, 9.17) is 9.83 Å². The summed E-state index contributed by atoms with van der Waals surface area (Å²) >= 11 is 0. The Hall–Kier alpha value is -2.77. The van der Waals surface area contributed by atoms with Crippen molar-refractivity contribution in [2.24, 2.45) is 16.8 Å². The van der Waals surface area contributed by atoms with Gasteiger partial charge in [0.1, 0.15) is 11.4 Å². The van der Waals surface area contributed by atoms with Crippen LogP contribution < -0.4 is 5.32 Å². The monoisotopic (exact) mass is 624 g/mol. The SMILES string of the molecule is Cc1cc(C(=O)N2CCCO2)cc(C)c1/C=C/S(=O)(=O)N1CCC2(CC1)N=C(C1CCC(CCC(F)(F)F)CC1)NC2=O. The Bertz CT molecular complexity index is 1380. The topological polar surface area (TPSA) is 108 Å². The van der Waals surface area contributed by atoms with E-state index in [9.17, 15) is 31.2 Å². The summed E-state index contributed by atoms with van der Waals surface area (Å²) in [4.78, 5) is 35.9. The summed E-state index contributed by atoms with van der Waals surface area (Å²) in [5.41, 5.74) is 1.74. The molecule has 2 saturated heterocycles. The van der Waals surface area contributed by atoms with Gasteiger partial charge >= 0.3 is 6.18 Å². The van der Waals surface area contributed by atoms with Crippen LogP contribution in [0.5, 0.6) is 0 Å². The third-order valence-electron chi connectivity index (χ3n) is 9.20. The van der Waals surface area contributed by atoms with Crippen LogP contribution in [0.4, 0.5) is 13.2 Å². The Balaban J connectivity index is 1.18. The number of amidine groups is 1. The second-order valence-electron chi connectivity index (χ2n) is 12.2. The van der Waals surface area contributed by atoms with Crippen molar-refractivity contribution in [1.29, 1.82) is 0 Å². The van der Waals surface area contributed by atoms with E-state index >= 15 is 0 Å². The minimum atomic E-state index is -4.14. The number of hydroxylamine groups is 2. The highest BCUT2D eigenvalue weighted by Gasteiger charge is 2.48. The zero-order valence-corrected chi connectivity index (χ0v) is 25.4. The predicted molar refractivity (Wildman–Crippen MR) is 155 cm³/mol. The summed E-state index contributed by atoms with van der Waals surface area (Å²) in [6.07, 6.45) is 0.788. The molecule has 5 rings (SSSR count). The Morgan fingerprint density at radius 2 is 1.77 bits per heavy atom. The number of amides is 2. The first-order valence-electron chi connectivity index (χ1n) is 15.0. The van der Waals surface area contributed by atoms with Gasteiger partial charge in [0.15, 0.2) is 0 Å². The molecule has 0 unspecified atom stereocenters. The molecule has 1 spiro atoms. The smallest absolute Gasteiger partial charge is 0.312 e. The van der Waals surface area contributed by atoms with Gasteiger partial charge in [-0.3, -0.25) is 19.4 Å². The van der Waals surface area contributed by atoms with E-state index in [0.717, 1.165) is 17.5 Å². The van der Waals surface area contributed by atoms with Crippen molar-refractivity contribution in [3.05, 3.63) is 39.8 Å². The van der Waals surface area contributed by atoms with Crippen molar-refractivity contribution in [3.8, 4) is 0 Å². The molecule has 0 atom stereocenters. The van der Waals surface area contributed by atoms with Crippen LogP contribution in [0.3, 0.4) is 0 Å². The quantitative estimate of drug-likeness (QED) is 0.465. The maximum atomic E-state index is 13.2. The summed E-state index contributed by atoms with van der Waals surface area (Å²) in [6, 6.07) is 3.47. The molecule has 4 aliphatic rings. The molecule has 3 aliphatic heterocycles. The van der Waals surface area contributed by atoms with E-state index < -0.39 is 28.2 Å². The number of carbonyl (C=O) groups excluding carboxylic acids is 2. The molecule has 1 aromatic carbocycles. The second kappa shape index (κ2) is 12.3. The minimum Gasteiger partial charge on any atom is -0.312 e. The van der Waals surface area contributed by atoms with Gasteiger partial charge in [-0.1, -0.05) is 0 Å². The fourth-order valence-corrected chi connectivity index (χ4v) is 7.80. The highest BCUT2D eigenvalue weighted by atomic mass is 32.2. The summed E-state index contributed by atoms with van der Waals surface area (Å²) in [5, 5.41) is 5.43. The normalized spacial score (nSPS) is 25.0. The van der Waals surface area contributed by atoms with Crippen molar-refractivity contribution in [2.75, 3.05) is 26.2 Å². The summed E-state index contributed by atoms with van der Waals surface area (Å²) in [5.74, 6) is 0.188. The highest BCUT2D eigenvalue weighted by molar-refractivity contribution is 7.92. The Morgan fingerprint density at radius 3 is 2.35 bits per heavy atom. The Labute approximate surface area is 250 Å². The number of halogens is 3. The average molecular weight is 625 g/mol. The molecule has 2 amide bonds. The molecule has 43 heavy (non-hydrogen) atoms. The van der Waals surface area contributed by atoms with Crippen molar-refractivity contribution in [1.82, 2.24) is 14.7 Å².